The second-order valence-electron chi connectivity index (χ2n) is 4.81. The van der Waals surface area contributed by atoms with Crippen molar-refractivity contribution in [2.45, 2.75) is 47.1 Å². The molecule has 0 radical (unpaired) electrons. The monoisotopic (exact) mass is 253 g/mol. The lowest BCUT2D eigenvalue weighted by Crippen LogP contribution is -2.40. The Bertz CT molecular complexity index is 389. The quantitative estimate of drug-likeness (QED) is 0.694. The highest BCUT2D eigenvalue weighted by Gasteiger charge is 2.34. The standard InChI is InChI=1S/C13H23N3O2/c1-5-13(6-2,12(17)18)8-14-7-11-9(3)15-16-10(11)4/h14H,5-8H2,1-4H3,(H,15,16)(H,17,18). The number of rotatable bonds is 7. The normalized spacial score (nSPS) is 11.8. The van der Waals surface area contributed by atoms with E-state index in [1.807, 2.05) is 27.7 Å². The number of nitrogens with zero attached hydrogens (tertiary/aromatic N) is 1. The summed E-state index contributed by atoms with van der Waals surface area (Å²) in [4.78, 5) is 11.4. The molecule has 0 saturated carbocycles. The van der Waals surface area contributed by atoms with E-state index in [9.17, 15) is 9.90 Å². The Morgan fingerprint density at radius 3 is 2.39 bits per heavy atom. The average Bonchev–Trinajstić information content (AvgIpc) is 2.66. The molecule has 102 valence electrons. The zero-order chi connectivity index (χ0) is 13.8. The Morgan fingerprint density at radius 2 is 2.00 bits per heavy atom. The van der Waals surface area contributed by atoms with Gasteiger partial charge in [-0.3, -0.25) is 9.89 Å². The van der Waals surface area contributed by atoms with E-state index in [2.05, 4.69) is 15.5 Å². The van der Waals surface area contributed by atoms with Crippen molar-refractivity contribution in [2.24, 2.45) is 5.41 Å². The summed E-state index contributed by atoms with van der Waals surface area (Å²) in [5.74, 6) is -0.722. The van der Waals surface area contributed by atoms with Gasteiger partial charge in [-0.05, 0) is 26.7 Å². The third-order valence-electron chi connectivity index (χ3n) is 3.85. The first-order valence-corrected chi connectivity index (χ1v) is 6.41. The van der Waals surface area contributed by atoms with Crippen LogP contribution in [0.3, 0.4) is 0 Å². The van der Waals surface area contributed by atoms with Gasteiger partial charge in [0.05, 0.1) is 11.1 Å². The van der Waals surface area contributed by atoms with Gasteiger partial charge in [-0.15, -0.1) is 0 Å². The number of H-pyrrole nitrogens is 1. The summed E-state index contributed by atoms with van der Waals surface area (Å²) >= 11 is 0. The highest BCUT2D eigenvalue weighted by molar-refractivity contribution is 5.74. The first kappa shape index (κ1) is 14.7. The average molecular weight is 253 g/mol. The molecule has 3 N–H and O–H groups in total. The summed E-state index contributed by atoms with van der Waals surface area (Å²) in [6, 6.07) is 0. The van der Waals surface area contributed by atoms with Crippen LogP contribution in [0.15, 0.2) is 0 Å². The van der Waals surface area contributed by atoms with Crippen molar-refractivity contribution in [3.05, 3.63) is 17.0 Å². The third kappa shape index (κ3) is 2.90. The minimum atomic E-state index is -0.722. The maximum Gasteiger partial charge on any atom is 0.310 e. The fraction of sp³-hybridized carbons (Fsp3) is 0.692. The first-order chi connectivity index (χ1) is 8.46. The summed E-state index contributed by atoms with van der Waals surface area (Å²) in [6.45, 7) is 8.91. The molecule has 0 aliphatic carbocycles. The van der Waals surface area contributed by atoms with E-state index in [1.54, 1.807) is 0 Å². The van der Waals surface area contributed by atoms with Crippen LogP contribution in [0.1, 0.15) is 43.6 Å². The molecule has 5 heteroatoms. The van der Waals surface area contributed by atoms with E-state index in [1.165, 1.54) is 0 Å². The van der Waals surface area contributed by atoms with Crippen molar-refractivity contribution in [3.8, 4) is 0 Å². The Kier molecular flexibility index (Phi) is 4.90. The number of hydrogen-bond donors (Lipinski definition) is 3. The summed E-state index contributed by atoms with van der Waals surface area (Å²) in [7, 11) is 0. The predicted octanol–water partition coefficient (Wildman–Crippen LogP) is 2.01. The molecule has 0 bridgehead atoms. The Balaban J connectivity index is 2.62. The zero-order valence-corrected chi connectivity index (χ0v) is 11.6. The molecule has 5 nitrogen and oxygen atoms in total. The van der Waals surface area contributed by atoms with E-state index in [4.69, 9.17) is 0 Å². The van der Waals surface area contributed by atoms with Crippen LogP contribution in [0.2, 0.25) is 0 Å². The van der Waals surface area contributed by atoms with Crippen LogP contribution in [0.25, 0.3) is 0 Å². The van der Waals surface area contributed by atoms with Crippen molar-refractivity contribution in [2.75, 3.05) is 6.54 Å². The molecule has 18 heavy (non-hydrogen) atoms. The second-order valence-corrected chi connectivity index (χ2v) is 4.81. The van der Waals surface area contributed by atoms with Gasteiger partial charge in [-0.2, -0.15) is 5.10 Å². The van der Waals surface area contributed by atoms with Gasteiger partial charge in [-0.25, -0.2) is 0 Å². The number of nitrogens with one attached hydrogen (secondary N) is 2. The van der Waals surface area contributed by atoms with Crippen molar-refractivity contribution in [1.82, 2.24) is 15.5 Å². The Labute approximate surface area is 108 Å². The molecule has 1 aromatic heterocycles. The molecule has 0 atom stereocenters. The fourth-order valence-electron chi connectivity index (χ4n) is 2.14. The van der Waals surface area contributed by atoms with E-state index >= 15 is 0 Å². The number of aromatic amines is 1. The number of aryl methyl sites for hydroxylation is 2. The van der Waals surface area contributed by atoms with Crippen LogP contribution in [0, 0.1) is 19.3 Å². The zero-order valence-electron chi connectivity index (χ0n) is 11.6. The SMILES string of the molecule is CCC(CC)(CNCc1c(C)n[nH]c1C)C(=O)O. The van der Waals surface area contributed by atoms with Gasteiger partial charge in [-0.1, -0.05) is 13.8 Å². The maximum atomic E-state index is 11.4. The van der Waals surface area contributed by atoms with Gasteiger partial charge in [0.25, 0.3) is 0 Å². The Morgan fingerprint density at radius 1 is 1.39 bits per heavy atom. The van der Waals surface area contributed by atoms with E-state index in [-0.39, 0.29) is 0 Å². The summed E-state index contributed by atoms with van der Waals surface area (Å²) in [6.07, 6.45) is 1.27. The highest BCUT2D eigenvalue weighted by atomic mass is 16.4. The number of hydrogen-bond acceptors (Lipinski definition) is 3. The molecule has 1 aromatic rings. The van der Waals surface area contributed by atoms with Crippen LogP contribution in [-0.2, 0) is 11.3 Å². The van der Waals surface area contributed by atoms with E-state index < -0.39 is 11.4 Å². The molecule has 0 aliphatic rings. The summed E-state index contributed by atoms with van der Waals surface area (Å²) < 4.78 is 0. The van der Waals surface area contributed by atoms with Gasteiger partial charge in [0.15, 0.2) is 0 Å². The predicted molar refractivity (Wildman–Crippen MR) is 70.4 cm³/mol. The number of carboxylic acid groups (broad SMARTS) is 1. The van der Waals surface area contributed by atoms with Gasteiger partial charge in [0.2, 0.25) is 0 Å². The molecule has 0 saturated heterocycles. The van der Waals surface area contributed by atoms with Crippen LogP contribution in [0.4, 0.5) is 0 Å². The van der Waals surface area contributed by atoms with E-state index in [0.29, 0.717) is 25.9 Å². The van der Waals surface area contributed by atoms with Crippen molar-refractivity contribution < 1.29 is 9.90 Å². The minimum absolute atomic E-state index is 0.486. The summed E-state index contributed by atoms with van der Waals surface area (Å²) in [5, 5.41) is 19.6. The molecule has 1 rings (SSSR count). The lowest BCUT2D eigenvalue weighted by molar-refractivity contribution is -0.149. The van der Waals surface area contributed by atoms with Gasteiger partial charge < -0.3 is 10.4 Å². The molecule has 0 fully saturated rings. The van der Waals surface area contributed by atoms with Crippen LogP contribution < -0.4 is 5.32 Å². The van der Waals surface area contributed by atoms with Crippen LogP contribution in [-0.4, -0.2) is 27.8 Å². The van der Waals surface area contributed by atoms with Crippen LogP contribution in [0.5, 0.6) is 0 Å². The second kappa shape index (κ2) is 6.00. The lowest BCUT2D eigenvalue weighted by Gasteiger charge is -2.27. The number of aliphatic carboxylic acids is 1. The van der Waals surface area contributed by atoms with Crippen LogP contribution >= 0.6 is 0 Å². The van der Waals surface area contributed by atoms with Gasteiger partial charge in [0, 0.05) is 24.3 Å². The smallest absolute Gasteiger partial charge is 0.310 e. The molecule has 0 amide bonds. The Hall–Kier alpha value is -1.36. The van der Waals surface area contributed by atoms with Gasteiger partial charge in [0.1, 0.15) is 0 Å². The summed E-state index contributed by atoms with van der Waals surface area (Å²) in [5.41, 5.74) is 2.47. The largest absolute Gasteiger partial charge is 0.481 e. The molecule has 0 spiro atoms. The minimum Gasteiger partial charge on any atom is -0.481 e. The molecule has 1 heterocycles. The molecule has 0 unspecified atom stereocenters. The number of aromatic nitrogens is 2. The molecular formula is C13H23N3O2. The molecular weight excluding hydrogens is 230 g/mol. The lowest BCUT2D eigenvalue weighted by atomic mass is 9.82. The van der Waals surface area contributed by atoms with Gasteiger partial charge >= 0.3 is 5.97 Å². The van der Waals surface area contributed by atoms with Crippen molar-refractivity contribution in [3.63, 3.8) is 0 Å². The molecule has 0 aromatic carbocycles. The number of carboxylic acids is 1. The van der Waals surface area contributed by atoms with E-state index in [0.717, 1.165) is 17.0 Å². The highest BCUT2D eigenvalue weighted by Crippen LogP contribution is 2.25. The first-order valence-electron chi connectivity index (χ1n) is 6.41. The third-order valence-corrected chi connectivity index (χ3v) is 3.85. The molecule has 0 aliphatic heterocycles. The maximum absolute atomic E-state index is 11.4. The number of carbonyl (C=O) groups is 1. The topological polar surface area (TPSA) is 78.0 Å². The fourth-order valence-corrected chi connectivity index (χ4v) is 2.14. The van der Waals surface area contributed by atoms with Crippen molar-refractivity contribution >= 4 is 5.97 Å². The van der Waals surface area contributed by atoms with Crippen molar-refractivity contribution in [1.29, 1.82) is 0 Å².